The smallest absolute Gasteiger partial charge is 0.274 e. The van der Waals surface area contributed by atoms with Gasteiger partial charge in [0.1, 0.15) is 17.0 Å². The second-order valence-corrected chi connectivity index (χ2v) is 8.41. The maximum Gasteiger partial charge on any atom is 0.274 e. The summed E-state index contributed by atoms with van der Waals surface area (Å²) in [5, 5.41) is 4.08. The maximum atomic E-state index is 13.3. The summed E-state index contributed by atoms with van der Waals surface area (Å²) in [6.45, 7) is 5.68. The van der Waals surface area contributed by atoms with Gasteiger partial charge in [0.15, 0.2) is 22.5 Å². The number of hydrogen-bond donors (Lipinski definition) is 2. The van der Waals surface area contributed by atoms with Crippen LogP contribution in [0.2, 0.25) is 0 Å². The molecule has 5 aromatic rings. The van der Waals surface area contributed by atoms with Crippen LogP contribution >= 0.6 is 0 Å². The van der Waals surface area contributed by atoms with Crippen molar-refractivity contribution in [3.05, 3.63) is 50.4 Å². The van der Waals surface area contributed by atoms with Crippen LogP contribution in [-0.4, -0.2) is 36.1 Å². The van der Waals surface area contributed by atoms with E-state index in [1.54, 1.807) is 51.1 Å². The maximum absolute atomic E-state index is 13.3. The number of pyridine rings is 1. The number of hydrogen-bond acceptors (Lipinski definition) is 6. The monoisotopic (exact) mass is 463 g/mol. The lowest BCUT2D eigenvalue weighted by molar-refractivity contribution is 0.349. The average molecular weight is 463 g/mol. The van der Waals surface area contributed by atoms with E-state index in [4.69, 9.17) is 18.6 Å². The highest BCUT2D eigenvalue weighted by Gasteiger charge is 2.26. The number of nitrogens with one attached hydrogen (secondary N) is 2. The van der Waals surface area contributed by atoms with Gasteiger partial charge < -0.3 is 23.6 Å². The molecular weight excluding hydrogens is 438 g/mol. The molecule has 0 saturated heterocycles. The molecule has 0 unspecified atom stereocenters. The lowest BCUT2D eigenvalue weighted by Gasteiger charge is -2.15. The third kappa shape index (κ3) is 2.93. The molecule has 176 valence electrons. The normalized spacial score (nSPS) is 11.7. The van der Waals surface area contributed by atoms with E-state index < -0.39 is 0 Å². The number of H-pyrrole nitrogens is 2. The highest BCUT2D eigenvalue weighted by Crippen LogP contribution is 2.46. The number of furan rings is 1. The largest absolute Gasteiger partial charge is 0.496 e. The van der Waals surface area contributed by atoms with Gasteiger partial charge in [-0.15, -0.1) is 0 Å². The third-order valence-corrected chi connectivity index (χ3v) is 6.20. The molecule has 0 aliphatic heterocycles. The second-order valence-electron chi connectivity index (χ2n) is 8.41. The molecule has 0 aliphatic rings. The molecule has 2 aromatic carbocycles. The standard InChI is InChI=1S/C25H25N3O6/c1-11(2)28-24-20(25(30)27-28)19(14-9-17(32-5)18(33-6)10-16(14)31-4)23-21(26-24)13-7-8-15(29)12(3)22(13)34-23/h7-11,26H,1-6H3,(H,27,30). The Hall–Kier alpha value is -4.14. The van der Waals surface area contributed by atoms with Crippen molar-refractivity contribution in [2.24, 2.45) is 0 Å². The summed E-state index contributed by atoms with van der Waals surface area (Å²) < 4.78 is 24.7. The van der Waals surface area contributed by atoms with Crippen molar-refractivity contribution in [1.82, 2.24) is 14.8 Å². The molecule has 9 nitrogen and oxygen atoms in total. The Balaban J connectivity index is 2.06. The predicted octanol–water partition coefficient (Wildman–Crippen LogP) is 4.50. The van der Waals surface area contributed by atoms with E-state index in [1.165, 1.54) is 6.07 Å². The van der Waals surface area contributed by atoms with E-state index >= 15 is 0 Å². The van der Waals surface area contributed by atoms with Crippen LogP contribution in [0, 0.1) is 6.92 Å². The number of fused-ring (bicyclic) bond motifs is 4. The van der Waals surface area contributed by atoms with Crippen molar-refractivity contribution in [3.63, 3.8) is 0 Å². The average Bonchev–Trinajstić information content (AvgIpc) is 3.37. The zero-order chi connectivity index (χ0) is 24.3. The van der Waals surface area contributed by atoms with Crippen LogP contribution in [0.15, 0.2) is 38.3 Å². The fourth-order valence-electron chi connectivity index (χ4n) is 4.48. The van der Waals surface area contributed by atoms with Crippen molar-refractivity contribution in [3.8, 4) is 28.4 Å². The molecule has 0 spiro atoms. The van der Waals surface area contributed by atoms with Crippen LogP contribution in [0.3, 0.4) is 0 Å². The molecule has 0 bridgehead atoms. The summed E-state index contributed by atoms with van der Waals surface area (Å²) in [7, 11) is 4.63. The molecule has 0 atom stereocenters. The van der Waals surface area contributed by atoms with Crippen LogP contribution in [0.5, 0.6) is 17.2 Å². The number of nitrogens with zero attached hydrogens (tertiary/aromatic N) is 1. The van der Waals surface area contributed by atoms with Gasteiger partial charge in [-0.3, -0.25) is 19.4 Å². The summed E-state index contributed by atoms with van der Waals surface area (Å²) >= 11 is 0. The molecule has 0 radical (unpaired) electrons. The summed E-state index contributed by atoms with van der Waals surface area (Å²) in [5.41, 5.74) is 3.41. The summed E-state index contributed by atoms with van der Waals surface area (Å²) in [5.74, 6) is 1.44. The third-order valence-electron chi connectivity index (χ3n) is 6.20. The Morgan fingerprint density at radius 2 is 1.62 bits per heavy atom. The molecule has 2 N–H and O–H groups in total. The van der Waals surface area contributed by atoms with E-state index in [0.717, 1.165) is 5.39 Å². The van der Waals surface area contributed by atoms with E-state index in [2.05, 4.69) is 10.1 Å². The van der Waals surface area contributed by atoms with E-state index in [1.807, 2.05) is 13.8 Å². The van der Waals surface area contributed by atoms with Crippen molar-refractivity contribution in [2.75, 3.05) is 21.3 Å². The zero-order valence-electron chi connectivity index (χ0n) is 19.8. The summed E-state index contributed by atoms with van der Waals surface area (Å²) in [6, 6.07) is 6.70. The fraction of sp³-hybridized carbons (Fsp3) is 0.280. The van der Waals surface area contributed by atoms with E-state index in [9.17, 15) is 9.59 Å². The lowest BCUT2D eigenvalue weighted by atomic mass is 10.00. The Labute approximate surface area is 193 Å². The van der Waals surface area contributed by atoms with Crippen molar-refractivity contribution >= 4 is 33.1 Å². The first kappa shape index (κ1) is 21.7. The van der Waals surface area contributed by atoms with E-state index in [0.29, 0.717) is 61.7 Å². The zero-order valence-corrected chi connectivity index (χ0v) is 19.8. The molecular formula is C25H25N3O6. The Morgan fingerprint density at radius 3 is 2.26 bits per heavy atom. The molecule has 5 rings (SSSR count). The van der Waals surface area contributed by atoms with Crippen LogP contribution in [-0.2, 0) is 0 Å². The number of aryl methyl sites for hydroxylation is 1. The minimum absolute atomic E-state index is 0.0211. The topological polar surface area (TPSA) is 111 Å². The molecule has 3 aromatic heterocycles. The van der Waals surface area contributed by atoms with Gasteiger partial charge in [-0.05, 0) is 39.0 Å². The van der Waals surface area contributed by atoms with Crippen molar-refractivity contribution < 1.29 is 18.6 Å². The number of methoxy groups -OCH3 is 3. The van der Waals surface area contributed by atoms with Gasteiger partial charge in [0.25, 0.3) is 5.56 Å². The number of aromatic nitrogens is 3. The van der Waals surface area contributed by atoms with Crippen LogP contribution < -0.4 is 25.2 Å². The molecule has 0 fully saturated rings. The number of rotatable bonds is 5. The van der Waals surface area contributed by atoms with Crippen LogP contribution in [0.25, 0.3) is 44.2 Å². The van der Waals surface area contributed by atoms with Crippen molar-refractivity contribution in [1.29, 1.82) is 0 Å². The molecule has 34 heavy (non-hydrogen) atoms. The van der Waals surface area contributed by atoms with E-state index in [-0.39, 0.29) is 17.0 Å². The lowest BCUT2D eigenvalue weighted by Crippen LogP contribution is -2.07. The van der Waals surface area contributed by atoms with Gasteiger partial charge >= 0.3 is 0 Å². The summed E-state index contributed by atoms with van der Waals surface area (Å²) in [4.78, 5) is 29.0. The molecule has 0 amide bonds. The van der Waals surface area contributed by atoms with Crippen LogP contribution in [0.4, 0.5) is 0 Å². The van der Waals surface area contributed by atoms with Gasteiger partial charge in [-0.1, -0.05) is 0 Å². The highest BCUT2D eigenvalue weighted by atomic mass is 16.5. The Bertz CT molecular complexity index is 1700. The summed E-state index contributed by atoms with van der Waals surface area (Å²) in [6.07, 6.45) is 0. The van der Waals surface area contributed by atoms with Crippen molar-refractivity contribution in [2.45, 2.75) is 26.8 Å². The molecule has 9 heteroatoms. The first-order valence-corrected chi connectivity index (χ1v) is 10.8. The highest BCUT2D eigenvalue weighted by molar-refractivity contribution is 6.15. The predicted molar refractivity (Wildman–Crippen MR) is 131 cm³/mol. The first-order valence-electron chi connectivity index (χ1n) is 10.8. The van der Waals surface area contributed by atoms with Gasteiger partial charge in [0.2, 0.25) is 0 Å². The van der Waals surface area contributed by atoms with Gasteiger partial charge in [-0.2, -0.15) is 0 Å². The number of aromatic amines is 2. The Kier molecular flexibility index (Phi) is 4.93. The molecule has 3 heterocycles. The first-order chi connectivity index (χ1) is 16.3. The van der Waals surface area contributed by atoms with Crippen LogP contribution in [0.1, 0.15) is 25.5 Å². The molecule has 0 saturated carbocycles. The van der Waals surface area contributed by atoms with Gasteiger partial charge in [0, 0.05) is 34.2 Å². The minimum Gasteiger partial charge on any atom is -0.496 e. The van der Waals surface area contributed by atoms with Gasteiger partial charge in [0.05, 0.1) is 32.2 Å². The van der Waals surface area contributed by atoms with Gasteiger partial charge in [-0.25, -0.2) is 0 Å². The number of benzene rings is 2. The fourth-order valence-corrected chi connectivity index (χ4v) is 4.48. The SMILES string of the molecule is COc1cc(OC)c(-c2c3oc4c(C)c(=O)ccc4c3[nH]c3c2c(=O)[nH]n3C(C)C)cc1OC. The quantitative estimate of drug-likeness (QED) is 0.397. The number of ether oxygens (including phenoxy) is 3. The Morgan fingerprint density at radius 1 is 0.941 bits per heavy atom. The minimum atomic E-state index is -0.282. The second kappa shape index (κ2) is 7.72. The molecule has 0 aliphatic carbocycles.